The Bertz CT molecular complexity index is 953. The lowest BCUT2D eigenvalue weighted by atomic mass is 10.3. The van der Waals surface area contributed by atoms with E-state index in [0.717, 1.165) is 11.4 Å². The van der Waals surface area contributed by atoms with Gasteiger partial charge in [0.15, 0.2) is 0 Å². The van der Waals surface area contributed by atoms with E-state index in [9.17, 15) is 4.79 Å². The van der Waals surface area contributed by atoms with E-state index in [-0.39, 0.29) is 17.1 Å². The van der Waals surface area contributed by atoms with Crippen LogP contribution >= 0.6 is 11.8 Å². The Labute approximate surface area is 173 Å². The van der Waals surface area contributed by atoms with Crippen LogP contribution in [-0.2, 0) is 10.5 Å². The summed E-state index contributed by atoms with van der Waals surface area (Å²) in [6.07, 6.45) is 0. The van der Waals surface area contributed by atoms with E-state index in [2.05, 4.69) is 25.6 Å². The molecule has 0 radical (unpaired) electrons. The summed E-state index contributed by atoms with van der Waals surface area (Å²) in [5, 5.41) is 5.67. The number of para-hydroxylation sites is 1. The maximum absolute atomic E-state index is 12.4. The molecule has 0 aliphatic heterocycles. The lowest BCUT2D eigenvalue weighted by Gasteiger charge is -2.12. The molecule has 0 saturated heterocycles. The van der Waals surface area contributed by atoms with Crippen molar-refractivity contribution in [2.75, 3.05) is 23.5 Å². The number of carbonyl (C=O) groups is 1. The van der Waals surface area contributed by atoms with Crippen LogP contribution in [0.25, 0.3) is 0 Å². The van der Waals surface area contributed by atoms with Crippen LogP contribution in [0.2, 0.25) is 0 Å². The van der Waals surface area contributed by atoms with Crippen LogP contribution < -0.4 is 21.1 Å². The van der Waals surface area contributed by atoms with Crippen LogP contribution in [-0.4, -0.2) is 33.2 Å². The zero-order valence-corrected chi connectivity index (χ0v) is 16.9. The average Bonchev–Trinajstić information content (AvgIpc) is 2.73. The molecule has 0 bridgehead atoms. The number of rotatable bonds is 8. The van der Waals surface area contributed by atoms with E-state index in [1.54, 1.807) is 31.4 Å². The quantitative estimate of drug-likeness (QED) is 0.517. The summed E-state index contributed by atoms with van der Waals surface area (Å²) < 4.78 is 5.11. The smallest absolute Gasteiger partial charge is 0.237 e. The van der Waals surface area contributed by atoms with Crippen molar-refractivity contribution in [2.24, 2.45) is 0 Å². The summed E-state index contributed by atoms with van der Waals surface area (Å²) in [5.41, 5.74) is 7.37. The molecule has 1 aromatic heterocycles. The molecule has 0 fully saturated rings. The second-order valence-corrected chi connectivity index (χ2v) is 7.42. The van der Waals surface area contributed by atoms with E-state index in [1.807, 2.05) is 37.3 Å². The molecule has 1 atom stereocenters. The van der Waals surface area contributed by atoms with Gasteiger partial charge in [-0.15, -0.1) is 11.8 Å². The Morgan fingerprint density at radius 1 is 1.07 bits per heavy atom. The van der Waals surface area contributed by atoms with Crippen molar-refractivity contribution >= 4 is 40.9 Å². The monoisotopic (exact) mass is 410 g/mol. The van der Waals surface area contributed by atoms with Crippen molar-refractivity contribution in [2.45, 2.75) is 17.9 Å². The van der Waals surface area contributed by atoms with Crippen LogP contribution in [0.4, 0.5) is 23.3 Å². The number of anilines is 4. The van der Waals surface area contributed by atoms with Gasteiger partial charge >= 0.3 is 0 Å². The molecule has 1 heterocycles. The lowest BCUT2D eigenvalue weighted by Crippen LogP contribution is -2.22. The molecule has 0 aliphatic carbocycles. The molecule has 150 valence electrons. The van der Waals surface area contributed by atoms with E-state index in [0.29, 0.717) is 23.2 Å². The number of amides is 1. The van der Waals surface area contributed by atoms with Crippen molar-refractivity contribution in [3.8, 4) is 5.75 Å². The Kier molecular flexibility index (Phi) is 6.85. The summed E-state index contributed by atoms with van der Waals surface area (Å²) in [5.74, 6) is 2.06. The highest BCUT2D eigenvalue weighted by molar-refractivity contribution is 7.99. The van der Waals surface area contributed by atoms with Gasteiger partial charge in [-0.1, -0.05) is 18.2 Å². The molecule has 29 heavy (non-hydrogen) atoms. The van der Waals surface area contributed by atoms with Crippen LogP contribution in [0.3, 0.4) is 0 Å². The average molecular weight is 411 g/mol. The third-order valence-corrected chi connectivity index (χ3v) is 5.06. The summed E-state index contributed by atoms with van der Waals surface area (Å²) in [6.45, 7) is 1.83. The molecule has 3 rings (SSSR count). The first kappa shape index (κ1) is 20.4. The molecular weight excluding hydrogens is 388 g/mol. The maximum Gasteiger partial charge on any atom is 0.237 e. The topological polar surface area (TPSA) is 115 Å². The number of ether oxygens (including phenoxy) is 1. The Morgan fingerprint density at radius 3 is 2.48 bits per heavy atom. The van der Waals surface area contributed by atoms with Gasteiger partial charge in [-0.3, -0.25) is 4.79 Å². The minimum absolute atomic E-state index is 0.107. The molecule has 3 aromatic rings. The van der Waals surface area contributed by atoms with Crippen LogP contribution in [0.5, 0.6) is 5.75 Å². The summed E-state index contributed by atoms with van der Waals surface area (Å²) in [6, 6.07) is 16.7. The van der Waals surface area contributed by atoms with E-state index < -0.39 is 0 Å². The fourth-order valence-corrected chi connectivity index (χ4v) is 3.14. The van der Waals surface area contributed by atoms with Crippen molar-refractivity contribution in [3.63, 3.8) is 0 Å². The number of aromatic nitrogens is 3. The van der Waals surface area contributed by atoms with E-state index >= 15 is 0 Å². The Hall–Kier alpha value is -3.33. The molecular formula is C20H22N6O2S. The fraction of sp³-hybridized carbons (Fsp3) is 0.200. The van der Waals surface area contributed by atoms with Gasteiger partial charge in [-0.2, -0.15) is 15.0 Å². The third-order valence-electron chi connectivity index (χ3n) is 3.92. The predicted octanol–water partition coefficient (Wildman–Crippen LogP) is 3.47. The standard InChI is InChI=1S/C20H22N6O2S/c1-13(18(27)22-15-8-10-16(28-2)11-9-15)29-12-17-24-19(21)26-20(25-17)23-14-6-4-3-5-7-14/h3-11,13H,12H2,1-2H3,(H,22,27)(H3,21,23,24,25,26). The third kappa shape index (κ3) is 6.08. The fourth-order valence-electron chi connectivity index (χ4n) is 2.40. The number of nitrogens with one attached hydrogen (secondary N) is 2. The molecule has 0 spiro atoms. The first-order valence-electron chi connectivity index (χ1n) is 8.92. The largest absolute Gasteiger partial charge is 0.497 e. The molecule has 9 heteroatoms. The number of nitrogens with two attached hydrogens (primary N) is 1. The Morgan fingerprint density at radius 2 is 1.79 bits per heavy atom. The second kappa shape index (κ2) is 9.74. The second-order valence-electron chi connectivity index (χ2n) is 6.10. The number of carbonyl (C=O) groups excluding carboxylic acids is 1. The van der Waals surface area contributed by atoms with Gasteiger partial charge in [0.1, 0.15) is 11.6 Å². The molecule has 4 N–H and O–H groups in total. The zero-order chi connectivity index (χ0) is 20.6. The minimum atomic E-state index is -0.305. The first-order chi connectivity index (χ1) is 14.0. The molecule has 8 nitrogen and oxygen atoms in total. The van der Waals surface area contributed by atoms with Gasteiger partial charge in [0.2, 0.25) is 17.8 Å². The molecule has 1 unspecified atom stereocenters. The van der Waals surface area contributed by atoms with Crippen molar-refractivity contribution in [1.29, 1.82) is 0 Å². The highest BCUT2D eigenvalue weighted by Gasteiger charge is 2.15. The lowest BCUT2D eigenvalue weighted by molar-refractivity contribution is -0.115. The van der Waals surface area contributed by atoms with Gasteiger partial charge in [0.05, 0.1) is 18.1 Å². The summed E-state index contributed by atoms with van der Waals surface area (Å²) in [7, 11) is 1.60. The predicted molar refractivity (Wildman–Crippen MR) is 116 cm³/mol. The molecule has 2 aromatic carbocycles. The molecule has 0 saturated carbocycles. The van der Waals surface area contributed by atoms with Gasteiger partial charge in [0.25, 0.3) is 0 Å². The van der Waals surface area contributed by atoms with Gasteiger partial charge < -0.3 is 21.1 Å². The van der Waals surface area contributed by atoms with Gasteiger partial charge in [-0.25, -0.2) is 0 Å². The number of hydrogen-bond donors (Lipinski definition) is 3. The maximum atomic E-state index is 12.4. The molecule has 0 aliphatic rings. The highest BCUT2D eigenvalue weighted by Crippen LogP contribution is 2.21. The number of benzene rings is 2. The molecule has 1 amide bonds. The van der Waals surface area contributed by atoms with Crippen molar-refractivity contribution < 1.29 is 9.53 Å². The van der Waals surface area contributed by atoms with Crippen molar-refractivity contribution in [1.82, 2.24) is 15.0 Å². The van der Waals surface area contributed by atoms with Gasteiger partial charge in [0, 0.05) is 11.4 Å². The number of hydrogen-bond acceptors (Lipinski definition) is 8. The normalized spacial score (nSPS) is 11.5. The first-order valence-corrected chi connectivity index (χ1v) is 9.97. The number of thioether (sulfide) groups is 1. The van der Waals surface area contributed by atoms with E-state index in [4.69, 9.17) is 10.5 Å². The highest BCUT2D eigenvalue weighted by atomic mass is 32.2. The number of nitrogen functional groups attached to an aromatic ring is 1. The van der Waals surface area contributed by atoms with Crippen LogP contribution in [0.15, 0.2) is 54.6 Å². The summed E-state index contributed by atoms with van der Waals surface area (Å²) >= 11 is 1.42. The van der Waals surface area contributed by atoms with Crippen LogP contribution in [0, 0.1) is 0 Å². The number of nitrogens with zero attached hydrogens (tertiary/aromatic N) is 3. The SMILES string of the molecule is COc1ccc(NC(=O)C(C)SCc2nc(N)nc(Nc3ccccc3)n2)cc1. The van der Waals surface area contributed by atoms with E-state index in [1.165, 1.54) is 11.8 Å². The van der Waals surface area contributed by atoms with Gasteiger partial charge in [-0.05, 0) is 43.3 Å². The zero-order valence-electron chi connectivity index (χ0n) is 16.1. The number of methoxy groups -OCH3 is 1. The van der Waals surface area contributed by atoms with Crippen LogP contribution in [0.1, 0.15) is 12.7 Å². The minimum Gasteiger partial charge on any atom is -0.497 e. The van der Waals surface area contributed by atoms with Crippen molar-refractivity contribution in [3.05, 3.63) is 60.4 Å². The summed E-state index contributed by atoms with van der Waals surface area (Å²) in [4.78, 5) is 25.1. The Balaban J connectivity index is 1.57.